The van der Waals surface area contributed by atoms with Gasteiger partial charge in [-0.3, -0.25) is 19.3 Å². The van der Waals surface area contributed by atoms with Crippen LogP contribution in [-0.4, -0.2) is 23.6 Å². The number of Topliss-reactive ketones (excluding diaryl/α,β-unsaturated/α-hetero) is 1. The van der Waals surface area contributed by atoms with Crippen LogP contribution in [-0.2, 0) is 14.4 Å². The van der Waals surface area contributed by atoms with Crippen molar-refractivity contribution in [3.8, 4) is 0 Å². The van der Waals surface area contributed by atoms with Gasteiger partial charge in [-0.2, -0.15) is 0 Å². The Morgan fingerprint density at radius 3 is 2.54 bits per heavy atom. The molecule has 2 saturated heterocycles. The number of amides is 2. The number of nitrogens with one attached hydrogen (secondary N) is 1. The number of ketones is 1. The fourth-order valence-corrected chi connectivity index (χ4v) is 5.09. The molecule has 3 heterocycles. The minimum Gasteiger partial charge on any atom is -0.293 e. The van der Waals surface area contributed by atoms with Crippen LogP contribution in [0.5, 0.6) is 0 Å². The normalized spacial score (nSPS) is 30.2. The number of carbonyl (C=O) groups excluding carboxylic acids is 3. The zero-order valence-corrected chi connectivity index (χ0v) is 15.1. The number of benzene rings is 2. The van der Waals surface area contributed by atoms with E-state index in [-0.39, 0.29) is 23.4 Å². The Bertz CT molecular complexity index is 1060. The van der Waals surface area contributed by atoms with E-state index in [1.165, 1.54) is 25.1 Å². The van der Waals surface area contributed by atoms with E-state index in [1.807, 2.05) is 36.5 Å². The lowest BCUT2D eigenvalue weighted by Crippen LogP contribution is -3.12. The predicted octanol–water partition coefficient (Wildman–Crippen LogP) is 1.51. The van der Waals surface area contributed by atoms with Gasteiger partial charge in [-0.15, -0.1) is 0 Å². The van der Waals surface area contributed by atoms with Crippen LogP contribution >= 0.6 is 0 Å². The maximum Gasteiger partial charge on any atom is 0.244 e. The summed E-state index contributed by atoms with van der Waals surface area (Å²) in [7, 11) is 0. The molecule has 6 heteroatoms. The highest BCUT2D eigenvalue weighted by Crippen LogP contribution is 2.44. The van der Waals surface area contributed by atoms with Crippen molar-refractivity contribution in [2.24, 2.45) is 11.8 Å². The monoisotopic (exact) mass is 377 g/mol. The Hall–Kier alpha value is -3.12. The summed E-state index contributed by atoms with van der Waals surface area (Å²) >= 11 is 0. The lowest BCUT2D eigenvalue weighted by atomic mass is 9.84. The van der Waals surface area contributed by atoms with Crippen LogP contribution in [0.15, 0.2) is 54.7 Å². The molecule has 3 aliphatic rings. The number of halogens is 1. The number of hydrogen-bond donors (Lipinski definition) is 1. The van der Waals surface area contributed by atoms with Gasteiger partial charge in [0, 0.05) is 12.5 Å². The zero-order valence-electron chi connectivity index (χ0n) is 15.1. The predicted molar refractivity (Wildman–Crippen MR) is 99.5 cm³/mol. The summed E-state index contributed by atoms with van der Waals surface area (Å²) < 4.78 is 13.7. The molecule has 3 aliphatic heterocycles. The second kappa shape index (κ2) is 5.94. The van der Waals surface area contributed by atoms with Crippen LogP contribution in [0.4, 0.5) is 10.1 Å². The molecule has 2 aromatic rings. The van der Waals surface area contributed by atoms with Crippen molar-refractivity contribution in [1.29, 1.82) is 0 Å². The van der Waals surface area contributed by atoms with Crippen molar-refractivity contribution in [3.63, 3.8) is 0 Å². The molecule has 1 unspecified atom stereocenters. The molecule has 0 aliphatic carbocycles. The summed E-state index contributed by atoms with van der Waals surface area (Å²) in [6.07, 6.45) is 3.84. The van der Waals surface area contributed by atoms with E-state index in [1.54, 1.807) is 6.07 Å². The highest BCUT2D eigenvalue weighted by atomic mass is 19.1. The molecule has 2 amide bonds. The molecule has 0 radical (unpaired) electrons. The van der Waals surface area contributed by atoms with Gasteiger partial charge >= 0.3 is 0 Å². The molecule has 5 rings (SSSR count). The number of carbonyl (C=O) groups is 3. The number of quaternary nitrogens is 1. The van der Waals surface area contributed by atoms with Crippen molar-refractivity contribution in [1.82, 2.24) is 0 Å². The highest BCUT2D eigenvalue weighted by molar-refractivity contribution is 6.23. The molecule has 2 aromatic carbocycles. The molecule has 0 bridgehead atoms. The van der Waals surface area contributed by atoms with Gasteiger partial charge in [-0.05, 0) is 29.8 Å². The quantitative estimate of drug-likeness (QED) is 0.808. The van der Waals surface area contributed by atoms with Gasteiger partial charge in [0.05, 0.1) is 11.9 Å². The molecule has 5 nitrogen and oxygen atoms in total. The molecule has 2 fully saturated rings. The van der Waals surface area contributed by atoms with Crippen LogP contribution in [0.1, 0.15) is 24.1 Å². The van der Waals surface area contributed by atoms with Crippen molar-refractivity contribution in [2.45, 2.75) is 19.0 Å². The first-order valence-corrected chi connectivity index (χ1v) is 9.26. The third-order valence-corrected chi connectivity index (χ3v) is 6.13. The SMILES string of the molecule is CC(=O)[C@H]1[C@@H]2C(=O)N(c3cccc(F)c3)C(=O)[C@@H]2[C@H]2c3ccccc3C=C[NH+]21. The van der Waals surface area contributed by atoms with E-state index in [0.717, 1.165) is 20.9 Å². The zero-order chi connectivity index (χ0) is 19.6. The largest absolute Gasteiger partial charge is 0.293 e. The van der Waals surface area contributed by atoms with Crippen LogP contribution in [0.2, 0.25) is 0 Å². The van der Waals surface area contributed by atoms with Crippen molar-refractivity contribution >= 4 is 29.4 Å². The van der Waals surface area contributed by atoms with Crippen LogP contribution in [0, 0.1) is 17.7 Å². The smallest absolute Gasteiger partial charge is 0.244 e. The number of hydrogen-bond acceptors (Lipinski definition) is 3. The Kier molecular flexibility index (Phi) is 3.61. The topological polar surface area (TPSA) is 58.9 Å². The van der Waals surface area contributed by atoms with E-state index in [4.69, 9.17) is 0 Å². The minimum atomic E-state index is -0.746. The molecule has 0 saturated carbocycles. The number of rotatable bonds is 2. The Balaban J connectivity index is 1.66. The molecular weight excluding hydrogens is 359 g/mol. The molecule has 5 atom stereocenters. The first-order chi connectivity index (χ1) is 13.5. The fraction of sp³-hybridized carbons (Fsp3) is 0.227. The molecule has 1 N–H and O–H groups in total. The van der Waals surface area contributed by atoms with E-state index in [9.17, 15) is 18.8 Å². The molecular formula is C22H18FN2O3+. The Morgan fingerprint density at radius 2 is 1.79 bits per heavy atom. The van der Waals surface area contributed by atoms with Gasteiger partial charge in [-0.1, -0.05) is 30.3 Å². The first kappa shape index (κ1) is 17.0. The average molecular weight is 377 g/mol. The van der Waals surface area contributed by atoms with Gasteiger partial charge in [0.2, 0.25) is 11.8 Å². The van der Waals surface area contributed by atoms with E-state index < -0.39 is 29.6 Å². The Morgan fingerprint density at radius 1 is 1.04 bits per heavy atom. The third-order valence-electron chi connectivity index (χ3n) is 6.13. The van der Waals surface area contributed by atoms with Crippen LogP contribution in [0.3, 0.4) is 0 Å². The van der Waals surface area contributed by atoms with Crippen LogP contribution < -0.4 is 9.80 Å². The summed E-state index contributed by atoms with van der Waals surface area (Å²) in [4.78, 5) is 41.1. The number of nitrogens with zero attached hydrogens (tertiary/aromatic N) is 1. The molecule has 0 aromatic heterocycles. The summed E-state index contributed by atoms with van der Waals surface area (Å²) in [6.45, 7) is 1.47. The van der Waals surface area contributed by atoms with Crippen molar-refractivity contribution in [2.75, 3.05) is 4.90 Å². The van der Waals surface area contributed by atoms with Crippen molar-refractivity contribution < 1.29 is 23.7 Å². The van der Waals surface area contributed by atoms with E-state index >= 15 is 0 Å². The highest BCUT2D eigenvalue weighted by Gasteiger charge is 2.67. The number of fused-ring (bicyclic) bond motifs is 5. The summed E-state index contributed by atoms with van der Waals surface area (Å²) in [6, 6.07) is 12.3. The van der Waals surface area contributed by atoms with Crippen LogP contribution in [0.25, 0.3) is 6.08 Å². The summed E-state index contributed by atoms with van der Waals surface area (Å²) in [5.41, 5.74) is 2.16. The average Bonchev–Trinajstić information content (AvgIpc) is 3.15. The maximum atomic E-state index is 13.7. The molecule has 28 heavy (non-hydrogen) atoms. The van der Waals surface area contributed by atoms with Gasteiger partial charge in [-0.25, -0.2) is 9.29 Å². The van der Waals surface area contributed by atoms with Gasteiger partial charge < -0.3 is 0 Å². The number of anilines is 1. The lowest BCUT2D eigenvalue weighted by Gasteiger charge is -2.30. The van der Waals surface area contributed by atoms with Crippen molar-refractivity contribution in [3.05, 3.63) is 71.7 Å². The second-order valence-corrected chi connectivity index (χ2v) is 7.57. The lowest BCUT2D eigenvalue weighted by molar-refractivity contribution is -0.884. The minimum absolute atomic E-state index is 0.126. The summed E-state index contributed by atoms with van der Waals surface area (Å²) in [5.74, 6) is -2.82. The Labute approximate surface area is 161 Å². The molecule has 0 spiro atoms. The van der Waals surface area contributed by atoms with Gasteiger partial charge in [0.15, 0.2) is 11.8 Å². The second-order valence-electron chi connectivity index (χ2n) is 7.57. The van der Waals surface area contributed by atoms with E-state index in [0.29, 0.717) is 0 Å². The number of imide groups is 1. The van der Waals surface area contributed by atoms with Gasteiger partial charge in [0.1, 0.15) is 23.7 Å². The molecule has 140 valence electrons. The first-order valence-electron chi connectivity index (χ1n) is 9.26. The van der Waals surface area contributed by atoms with E-state index in [2.05, 4.69) is 0 Å². The van der Waals surface area contributed by atoms with Gasteiger partial charge in [0.25, 0.3) is 0 Å². The summed E-state index contributed by atoms with van der Waals surface area (Å²) in [5, 5.41) is 0. The maximum absolute atomic E-state index is 13.7. The third kappa shape index (κ3) is 2.18. The standard InChI is InChI=1S/C22H17FN2O3/c1-12(26)19-17-18(20-16-8-3-2-5-13(16)9-10-24(19)20)22(28)25(21(17)27)15-7-4-6-14(23)11-15/h2-11,17-20H,1H3/p+1/t17-,18+,19+,20-/m1/s1. The fourth-order valence-electron chi connectivity index (χ4n) is 5.09.